The third-order valence-corrected chi connectivity index (χ3v) is 2.71. The molecule has 86 valence electrons. The van der Waals surface area contributed by atoms with Gasteiger partial charge in [0.1, 0.15) is 0 Å². The fourth-order valence-corrected chi connectivity index (χ4v) is 1.34. The molecule has 3 nitrogen and oxygen atoms in total. The second-order valence-corrected chi connectivity index (χ2v) is 4.49. The minimum atomic E-state index is -5.65. The summed E-state index contributed by atoms with van der Waals surface area (Å²) in [6.45, 7) is 1.80. The molecule has 0 aliphatic rings. The average molecular weight is 234 g/mol. The quantitative estimate of drug-likeness (QED) is 0.567. The van der Waals surface area contributed by atoms with Crippen LogP contribution in [0.3, 0.4) is 0 Å². The standard InChI is InChI=1S/C7H13F3O3S/c1-2-3-4-5-6(8)7(9,10)14(11,12)13/h6H,2-5H2,1H3,(H,11,12,13). The first kappa shape index (κ1) is 13.7. The van der Waals surface area contributed by atoms with Crippen LogP contribution < -0.4 is 0 Å². The van der Waals surface area contributed by atoms with Gasteiger partial charge in [-0.3, -0.25) is 4.55 Å². The first-order valence-corrected chi connectivity index (χ1v) is 5.66. The van der Waals surface area contributed by atoms with Gasteiger partial charge in [-0.15, -0.1) is 0 Å². The van der Waals surface area contributed by atoms with Crippen LogP contribution in [0.25, 0.3) is 0 Å². The average Bonchev–Trinajstić information content (AvgIpc) is 2.02. The van der Waals surface area contributed by atoms with Crippen molar-refractivity contribution >= 4 is 10.1 Å². The van der Waals surface area contributed by atoms with E-state index in [1.54, 1.807) is 6.92 Å². The Morgan fingerprint density at radius 3 is 2.21 bits per heavy atom. The molecule has 0 rings (SSSR count). The highest BCUT2D eigenvalue weighted by Gasteiger charge is 2.52. The summed E-state index contributed by atoms with van der Waals surface area (Å²) in [5.41, 5.74) is 0. The Bertz CT molecular complexity index is 263. The van der Waals surface area contributed by atoms with Crippen LogP contribution in [-0.2, 0) is 10.1 Å². The maximum atomic E-state index is 12.7. The molecule has 0 radical (unpaired) electrons. The number of hydrogen-bond acceptors (Lipinski definition) is 2. The molecule has 7 heteroatoms. The highest BCUT2D eigenvalue weighted by atomic mass is 32.2. The summed E-state index contributed by atoms with van der Waals surface area (Å²) in [6, 6.07) is 0. The lowest BCUT2D eigenvalue weighted by Gasteiger charge is -2.16. The maximum Gasteiger partial charge on any atom is 0.400 e. The minimum absolute atomic E-state index is 0.169. The molecule has 0 aromatic carbocycles. The van der Waals surface area contributed by atoms with Gasteiger partial charge < -0.3 is 0 Å². The molecular weight excluding hydrogens is 221 g/mol. The predicted octanol–water partition coefficient (Wildman–Crippen LogP) is 2.39. The lowest BCUT2D eigenvalue weighted by Crippen LogP contribution is -2.38. The Morgan fingerprint density at radius 2 is 1.86 bits per heavy atom. The van der Waals surface area contributed by atoms with Crippen molar-refractivity contribution in [1.82, 2.24) is 0 Å². The molecule has 0 spiro atoms. The van der Waals surface area contributed by atoms with Gasteiger partial charge >= 0.3 is 15.4 Å². The van der Waals surface area contributed by atoms with Crippen LogP contribution in [0, 0.1) is 0 Å². The molecule has 0 aliphatic carbocycles. The Morgan fingerprint density at radius 1 is 1.36 bits per heavy atom. The number of halogens is 3. The molecule has 0 aromatic rings. The van der Waals surface area contributed by atoms with Crippen molar-refractivity contribution in [3.8, 4) is 0 Å². The van der Waals surface area contributed by atoms with Crippen molar-refractivity contribution in [3.63, 3.8) is 0 Å². The van der Waals surface area contributed by atoms with Crippen LogP contribution >= 0.6 is 0 Å². The number of alkyl halides is 3. The van der Waals surface area contributed by atoms with E-state index in [0.29, 0.717) is 12.8 Å². The van der Waals surface area contributed by atoms with Crippen molar-refractivity contribution in [1.29, 1.82) is 0 Å². The molecule has 0 saturated heterocycles. The molecule has 1 atom stereocenters. The summed E-state index contributed by atoms with van der Waals surface area (Å²) >= 11 is 0. The molecule has 1 unspecified atom stereocenters. The monoisotopic (exact) mass is 234 g/mol. The van der Waals surface area contributed by atoms with E-state index in [0.717, 1.165) is 0 Å². The molecule has 0 bridgehead atoms. The van der Waals surface area contributed by atoms with Crippen LogP contribution in [0.15, 0.2) is 0 Å². The van der Waals surface area contributed by atoms with Gasteiger partial charge in [-0.05, 0) is 6.42 Å². The fraction of sp³-hybridized carbons (Fsp3) is 1.00. The van der Waals surface area contributed by atoms with Crippen molar-refractivity contribution in [2.75, 3.05) is 0 Å². The summed E-state index contributed by atoms with van der Waals surface area (Å²) in [7, 11) is -5.65. The van der Waals surface area contributed by atoms with E-state index in [-0.39, 0.29) is 6.42 Å². The zero-order chi connectivity index (χ0) is 11.4. The van der Waals surface area contributed by atoms with Gasteiger partial charge in [-0.1, -0.05) is 26.2 Å². The smallest absolute Gasteiger partial charge is 0.281 e. The van der Waals surface area contributed by atoms with Crippen LogP contribution in [0.5, 0.6) is 0 Å². The molecule has 0 heterocycles. The molecule has 0 amide bonds. The highest BCUT2D eigenvalue weighted by molar-refractivity contribution is 7.86. The topological polar surface area (TPSA) is 54.4 Å². The Balaban J connectivity index is 4.30. The molecule has 0 saturated carbocycles. The first-order chi connectivity index (χ1) is 6.23. The second kappa shape index (κ2) is 4.97. The van der Waals surface area contributed by atoms with Gasteiger partial charge in [0, 0.05) is 0 Å². The number of unbranched alkanes of at least 4 members (excludes halogenated alkanes) is 2. The molecule has 0 aliphatic heterocycles. The normalized spacial score (nSPS) is 15.5. The Hall–Kier alpha value is -0.300. The van der Waals surface area contributed by atoms with Gasteiger partial charge in [0.25, 0.3) is 0 Å². The lowest BCUT2D eigenvalue weighted by atomic mass is 10.1. The summed E-state index contributed by atoms with van der Waals surface area (Å²) in [4.78, 5) is 0. The van der Waals surface area contributed by atoms with E-state index in [4.69, 9.17) is 4.55 Å². The van der Waals surface area contributed by atoms with Crippen LogP contribution in [0.4, 0.5) is 13.2 Å². The lowest BCUT2D eigenvalue weighted by molar-refractivity contribution is -0.00704. The third kappa shape index (κ3) is 3.45. The van der Waals surface area contributed by atoms with Crippen molar-refractivity contribution in [2.24, 2.45) is 0 Å². The molecule has 14 heavy (non-hydrogen) atoms. The maximum absolute atomic E-state index is 12.7. The van der Waals surface area contributed by atoms with E-state index in [1.165, 1.54) is 0 Å². The molecular formula is C7H13F3O3S. The predicted molar refractivity (Wildman–Crippen MR) is 45.5 cm³/mol. The summed E-state index contributed by atoms with van der Waals surface area (Å²) in [5.74, 6) is 0. The third-order valence-electron chi connectivity index (χ3n) is 1.77. The SMILES string of the molecule is CCCCCC(F)C(F)(F)S(=O)(=O)O. The van der Waals surface area contributed by atoms with Crippen molar-refractivity contribution < 1.29 is 26.1 Å². The molecule has 1 N–H and O–H groups in total. The van der Waals surface area contributed by atoms with Gasteiger partial charge in [0.05, 0.1) is 0 Å². The zero-order valence-corrected chi connectivity index (χ0v) is 8.53. The van der Waals surface area contributed by atoms with Gasteiger partial charge in [0.15, 0.2) is 6.17 Å². The summed E-state index contributed by atoms with van der Waals surface area (Å²) < 4.78 is 66.0. The Kier molecular flexibility index (Phi) is 4.87. The van der Waals surface area contributed by atoms with Gasteiger partial charge in [-0.25, -0.2) is 4.39 Å². The Labute approximate surface area is 81.1 Å². The highest BCUT2D eigenvalue weighted by Crippen LogP contribution is 2.30. The largest absolute Gasteiger partial charge is 0.400 e. The fourth-order valence-electron chi connectivity index (χ4n) is 0.903. The summed E-state index contributed by atoms with van der Waals surface area (Å²) in [6.07, 6.45) is -1.99. The van der Waals surface area contributed by atoms with E-state index >= 15 is 0 Å². The number of rotatable bonds is 6. The van der Waals surface area contributed by atoms with E-state index in [2.05, 4.69) is 0 Å². The second-order valence-electron chi connectivity index (χ2n) is 3.00. The molecule has 0 aromatic heterocycles. The van der Waals surface area contributed by atoms with Crippen LogP contribution in [0.1, 0.15) is 32.6 Å². The van der Waals surface area contributed by atoms with E-state index < -0.39 is 28.0 Å². The number of hydrogen-bond donors (Lipinski definition) is 1. The van der Waals surface area contributed by atoms with E-state index in [9.17, 15) is 21.6 Å². The zero-order valence-electron chi connectivity index (χ0n) is 7.71. The van der Waals surface area contributed by atoms with Gasteiger partial charge in [-0.2, -0.15) is 17.2 Å². The van der Waals surface area contributed by atoms with Crippen LogP contribution in [-0.4, -0.2) is 24.4 Å². The van der Waals surface area contributed by atoms with Crippen LogP contribution in [0.2, 0.25) is 0 Å². The molecule has 0 fully saturated rings. The minimum Gasteiger partial charge on any atom is -0.281 e. The van der Waals surface area contributed by atoms with Gasteiger partial charge in [0.2, 0.25) is 0 Å². The van der Waals surface area contributed by atoms with Crippen molar-refractivity contribution in [3.05, 3.63) is 0 Å². The van der Waals surface area contributed by atoms with E-state index in [1.807, 2.05) is 0 Å². The summed E-state index contributed by atoms with van der Waals surface area (Å²) in [5, 5.41) is -4.69. The first-order valence-electron chi connectivity index (χ1n) is 4.22. The van der Waals surface area contributed by atoms with Crippen molar-refractivity contribution in [2.45, 2.75) is 44.0 Å².